The van der Waals surface area contributed by atoms with Gasteiger partial charge in [0, 0.05) is 19.1 Å². The number of anilines is 2. The van der Waals surface area contributed by atoms with Crippen molar-refractivity contribution in [3.8, 4) is 12.1 Å². The highest BCUT2D eigenvalue weighted by atomic mass is 16.5. The van der Waals surface area contributed by atoms with E-state index in [1.165, 1.54) is 0 Å². The molecule has 1 aromatic rings. The third kappa shape index (κ3) is 4.53. The minimum Gasteiger partial charge on any atom is -0.464 e. The summed E-state index contributed by atoms with van der Waals surface area (Å²) in [5.74, 6) is 1.02. The van der Waals surface area contributed by atoms with Crippen LogP contribution in [0.3, 0.4) is 0 Å². The van der Waals surface area contributed by atoms with E-state index in [9.17, 15) is 0 Å². The largest absolute Gasteiger partial charge is 0.464 e. The first-order chi connectivity index (χ1) is 9.62. The topological polar surface area (TPSA) is 87.0 Å². The summed E-state index contributed by atoms with van der Waals surface area (Å²) in [5.41, 5.74) is 0. The molecule has 1 N–H and O–H groups in total. The molecule has 0 amide bonds. The van der Waals surface area contributed by atoms with Gasteiger partial charge in [-0.1, -0.05) is 0 Å². The van der Waals surface area contributed by atoms with E-state index < -0.39 is 0 Å². The van der Waals surface area contributed by atoms with Gasteiger partial charge in [-0.2, -0.15) is 20.2 Å². The molecule has 1 aromatic heterocycles. The van der Waals surface area contributed by atoms with E-state index >= 15 is 0 Å². The van der Waals surface area contributed by atoms with Gasteiger partial charge >= 0.3 is 6.01 Å². The molecule has 110 valence electrons. The van der Waals surface area contributed by atoms with Crippen molar-refractivity contribution < 1.29 is 4.74 Å². The molecule has 1 heterocycles. The van der Waals surface area contributed by atoms with E-state index in [-0.39, 0.29) is 6.04 Å². The molecule has 7 nitrogen and oxygen atoms in total. The molecule has 1 rings (SSSR count). The molecule has 0 radical (unpaired) electrons. The van der Waals surface area contributed by atoms with Gasteiger partial charge in [-0.3, -0.25) is 0 Å². The number of nitrogens with one attached hydrogen (secondary N) is 1. The Kier molecular flexibility index (Phi) is 6.50. The summed E-state index contributed by atoms with van der Waals surface area (Å²) in [6.07, 6.45) is 0.421. The van der Waals surface area contributed by atoms with Gasteiger partial charge in [0.05, 0.1) is 19.1 Å². The minimum absolute atomic E-state index is 0.190. The first kappa shape index (κ1) is 16.0. The fourth-order valence-corrected chi connectivity index (χ4v) is 1.66. The van der Waals surface area contributed by atoms with Crippen molar-refractivity contribution in [1.29, 1.82) is 5.26 Å². The molecule has 0 saturated heterocycles. The Hall–Kier alpha value is -2.10. The lowest BCUT2D eigenvalue weighted by molar-refractivity contribution is 0.311. The Labute approximate surface area is 120 Å². The van der Waals surface area contributed by atoms with Gasteiger partial charge in [-0.05, 0) is 27.7 Å². The summed E-state index contributed by atoms with van der Waals surface area (Å²) in [7, 11) is 0. The molecule has 0 saturated carbocycles. The van der Waals surface area contributed by atoms with Crippen molar-refractivity contribution in [2.24, 2.45) is 0 Å². The van der Waals surface area contributed by atoms with Crippen molar-refractivity contribution in [1.82, 2.24) is 15.0 Å². The van der Waals surface area contributed by atoms with E-state index in [4.69, 9.17) is 10.00 Å². The van der Waals surface area contributed by atoms with E-state index in [2.05, 4.69) is 26.3 Å². The molecule has 0 spiro atoms. The van der Waals surface area contributed by atoms with Crippen molar-refractivity contribution in [3.05, 3.63) is 0 Å². The summed E-state index contributed by atoms with van der Waals surface area (Å²) >= 11 is 0. The third-order valence-corrected chi connectivity index (χ3v) is 2.56. The molecule has 0 aliphatic rings. The van der Waals surface area contributed by atoms with Crippen LogP contribution in [0.4, 0.5) is 11.9 Å². The average molecular weight is 278 g/mol. The Morgan fingerprint density at radius 3 is 2.60 bits per heavy atom. The Bertz CT molecular complexity index is 432. The molecule has 0 aliphatic heterocycles. The van der Waals surface area contributed by atoms with Crippen molar-refractivity contribution in [3.63, 3.8) is 0 Å². The molecule has 20 heavy (non-hydrogen) atoms. The van der Waals surface area contributed by atoms with Gasteiger partial charge in [-0.25, -0.2) is 0 Å². The number of hydrogen-bond acceptors (Lipinski definition) is 7. The highest BCUT2D eigenvalue weighted by Crippen LogP contribution is 2.17. The Morgan fingerprint density at radius 2 is 2.05 bits per heavy atom. The zero-order valence-corrected chi connectivity index (χ0v) is 12.6. The van der Waals surface area contributed by atoms with E-state index in [0.717, 1.165) is 6.54 Å². The monoisotopic (exact) mass is 278 g/mol. The van der Waals surface area contributed by atoms with Gasteiger partial charge in [-0.15, -0.1) is 0 Å². The Morgan fingerprint density at radius 1 is 1.30 bits per heavy atom. The van der Waals surface area contributed by atoms with Crippen LogP contribution < -0.4 is 15.0 Å². The smallest absolute Gasteiger partial charge is 0.323 e. The van der Waals surface area contributed by atoms with E-state index in [0.29, 0.717) is 37.5 Å². The fourth-order valence-electron chi connectivity index (χ4n) is 1.66. The average Bonchev–Trinajstić information content (AvgIpc) is 2.39. The number of hydrogen-bond donors (Lipinski definition) is 1. The standard InChI is InChI=1S/C13H22N6O/c1-5-15-11-16-12(18-13(17-11)20-6-2)19(10(3)4)9-7-8-14/h10H,5-7,9H2,1-4H3,(H,15,16,17,18). The van der Waals surface area contributed by atoms with E-state index in [1.54, 1.807) is 0 Å². The molecule has 0 aliphatic carbocycles. The highest BCUT2D eigenvalue weighted by Gasteiger charge is 2.16. The maximum Gasteiger partial charge on any atom is 0.323 e. The molecular weight excluding hydrogens is 256 g/mol. The van der Waals surface area contributed by atoms with Crippen molar-refractivity contribution in [2.45, 2.75) is 40.2 Å². The predicted molar refractivity (Wildman–Crippen MR) is 77.9 cm³/mol. The number of nitriles is 1. The molecule has 0 atom stereocenters. The minimum atomic E-state index is 0.190. The molecule has 0 fully saturated rings. The first-order valence-electron chi connectivity index (χ1n) is 6.88. The second-order valence-corrected chi connectivity index (χ2v) is 4.40. The number of rotatable bonds is 8. The van der Waals surface area contributed by atoms with Gasteiger partial charge in [0.25, 0.3) is 0 Å². The summed E-state index contributed by atoms with van der Waals surface area (Å²) in [4.78, 5) is 14.8. The van der Waals surface area contributed by atoms with Crippen LogP contribution in [-0.2, 0) is 0 Å². The zero-order chi connectivity index (χ0) is 15.0. The molecule has 0 bridgehead atoms. The third-order valence-electron chi connectivity index (χ3n) is 2.56. The van der Waals surface area contributed by atoms with E-state index in [1.807, 2.05) is 32.6 Å². The predicted octanol–water partition coefficient (Wildman–Crippen LogP) is 1.83. The second-order valence-electron chi connectivity index (χ2n) is 4.40. The van der Waals surface area contributed by atoms with Crippen LogP contribution in [0, 0.1) is 11.3 Å². The lowest BCUT2D eigenvalue weighted by atomic mass is 10.3. The van der Waals surface area contributed by atoms with Crippen molar-refractivity contribution in [2.75, 3.05) is 29.9 Å². The Balaban J connectivity index is 3.08. The fraction of sp³-hybridized carbons (Fsp3) is 0.692. The van der Waals surface area contributed by atoms with Crippen LogP contribution in [0.25, 0.3) is 0 Å². The van der Waals surface area contributed by atoms with Gasteiger partial charge in [0.1, 0.15) is 0 Å². The summed E-state index contributed by atoms with van der Waals surface area (Å²) < 4.78 is 5.37. The van der Waals surface area contributed by atoms with Gasteiger partial charge in [0.15, 0.2) is 0 Å². The molecule has 0 aromatic carbocycles. The summed E-state index contributed by atoms with van der Waals surface area (Å²) in [6, 6.07) is 2.63. The normalized spacial score (nSPS) is 10.2. The van der Waals surface area contributed by atoms with Crippen LogP contribution in [-0.4, -0.2) is 40.7 Å². The number of ether oxygens (including phenoxy) is 1. The molecule has 0 unspecified atom stereocenters. The quantitative estimate of drug-likeness (QED) is 0.776. The lowest BCUT2D eigenvalue weighted by Crippen LogP contribution is -2.33. The maximum atomic E-state index is 8.75. The summed E-state index contributed by atoms with van der Waals surface area (Å²) in [6.45, 7) is 9.72. The summed E-state index contributed by atoms with van der Waals surface area (Å²) in [5, 5.41) is 11.8. The second kappa shape index (κ2) is 8.15. The maximum absolute atomic E-state index is 8.75. The van der Waals surface area contributed by atoms with Crippen molar-refractivity contribution >= 4 is 11.9 Å². The van der Waals surface area contributed by atoms with Crippen LogP contribution in [0.15, 0.2) is 0 Å². The van der Waals surface area contributed by atoms with Gasteiger partial charge in [0.2, 0.25) is 11.9 Å². The lowest BCUT2D eigenvalue weighted by Gasteiger charge is -2.26. The van der Waals surface area contributed by atoms with Gasteiger partial charge < -0.3 is 15.0 Å². The van der Waals surface area contributed by atoms with Crippen LogP contribution in [0.2, 0.25) is 0 Å². The SMILES string of the molecule is CCNc1nc(OCC)nc(N(CCC#N)C(C)C)n1. The number of nitrogens with zero attached hydrogens (tertiary/aromatic N) is 5. The molecular formula is C13H22N6O. The first-order valence-corrected chi connectivity index (χ1v) is 6.88. The molecule has 7 heteroatoms. The van der Waals surface area contributed by atoms with Crippen LogP contribution in [0.5, 0.6) is 6.01 Å². The zero-order valence-electron chi connectivity index (χ0n) is 12.6. The highest BCUT2D eigenvalue weighted by molar-refractivity contribution is 5.39. The number of aromatic nitrogens is 3. The van der Waals surface area contributed by atoms with Crippen LogP contribution >= 0.6 is 0 Å². The van der Waals surface area contributed by atoms with Crippen LogP contribution in [0.1, 0.15) is 34.1 Å².